The second-order valence-electron chi connectivity index (χ2n) is 6.27. The van der Waals surface area contributed by atoms with Crippen molar-refractivity contribution >= 4 is 11.6 Å². The average Bonchev–Trinajstić information content (AvgIpc) is 2.39. The first kappa shape index (κ1) is 15.1. The Balaban J connectivity index is 2.48. The molecule has 2 aromatic carbocycles. The van der Waals surface area contributed by atoms with E-state index in [0.29, 0.717) is 0 Å². The molecule has 0 spiro atoms. The molecule has 0 aliphatic carbocycles. The second kappa shape index (κ2) is 5.21. The van der Waals surface area contributed by atoms with Gasteiger partial charge in [0.05, 0.1) is 0 Å². The normalized spacial score (nSPS) is 12.5. The molecule has 0 aromatic heterocycles. The van der Waals surface area contributed by atoms with E-state index in [2.05, 4.69) is 27.7 Å². The quantitative estimate of drug-likeness (QED) is 0.677. The van der Waals surface area contributed by atoms with Gasteiger partial charge in [0.25, 0.3) is 0 Å². The molecule has 2 rings (SSSR count). The predicted octanol–water partition coefficient (Wildman–Crippen LogP) is 5.73. The van der Waals surface area contributed by atoms with E-state index < -0.39 is 0 Å². The van der Waals surface area contributed by atoms with Gasteiger partial charge in [0.15, 0.2) is 0 Å². The van der Waals surface area contributed by atoms with Gasteiger partial charge in [-0.15, -0.1) is 0 Å². The summed E-state index contributed by atoms with van der Waals surface area (Å²) in [6, 6.07) is 14.8. The number of rotatable bonds is 3. The summed E-state index contributed by atoms with van der Waals surface area (Å²) in [6.45, 7) is 8.66. The summed E-state index contributed by atoms with van der Waals surface area (Å²) in [5.74, 6) is -0.192. The van der Waals surface area contributed by atoms with Crippen molar-refractivity contribution < 1.29 is 4.39 Å². The Morgan fingerprint density at radius 1 is 0.800 bits per heavy atom. The Morgan fingerprint density at radius 2 is 1.35 bits per heavy atom. The summed E-state index contributed by atoms with van der Waals surface area (Å²) >= 11 is 5.96. The van der Waals surface area contributed by atoms with Gasteiger partial charge >= 0.3 is 0 Å². The van der Waals surface area contributed by atoms with E-state index in [4.69, 9.17) is 11.6 Å². The van der Waals surface area contributed by atoms with Gasteiger partial charge in [-0.05, 0) is 46.2 Å². The van der Waals surface area contributed by atoms with Crippen LogP contribution in [0.1, 0.15) is 38.8 Å². The molecule has 0 N–H and O–H groups in total. The van der Waals surface area contributed by atoms with E-state index in [1.165, 1.54) is 11.6 Å². The van der Waals surface area contributed by atoms with Crippen LogP contribution in [0, 0.1) is 5.82 Å². The van der Waals surface area contributed by atoms with E-state index in [0.717, 1.165) is 10.6 Å². The maximum absolute atomic E-state index is 13.5. The van der Waals surface area contributed by atoms with Crippen LogP contribution in [0.3, 0.4) is 0 Å². The third-order valence-corrected chi connectivity index (χ3v) is 4.93. The highest BCUT2D eigenvalue weighted by atomic mass is 35.5. The molecule has 20 heavy (non-hydrogen) atoms. The summed E-state index contributed by atoms with van der Waals surface area (Å²) in [5, 5.41) is 0.730. The van der Waals surface area contributed by atoms with Gasteiger partial charge in [-0.25, -0.2) is 4.39 Å². The smallest absolute Gasteiger partial charge is 0.123 e. The molecule has 2 heteroatoms. The fourth-order valence-electron chi connectivity index (χ4n) is 2.47. The topological polar surface area (TPSA) is 0 Å². The van der Waals surface area contributed by atoms with Gasteiger partial charge in [-0.3, -0.25) is 0 Å². The molecule has 0 unspecified atom stereocenters. The zero-order valence-corrected chi connectivity index (χ0v) is 13.1. The summed E-state index contributed by atoms with van der Waals surface area (Å²) in [5.41, 5.74) is 1.84. The van der Waals surface area contributed by atoms with Gasteiger partial charge in [0, 0.05) is 5.02 Å². The SMILES string of the molecule is CC(C)(c1ccc(Cl)cc1)C(C)(C)c1cccc(F)c1. The van der Waals surface area contributed by atoms with Crippen molar-refractivity contribution in [3.05, 3.63) is 70.5 Å². The molecule has 0 amide bonds. The van der Waals surface area contributed by atoms with Crippen molar-refractivity contribution in [1.82, 2.24) is 0 Å². The first-order valence-corrected chi connectivity index (χ1v) is 7.15. The number of hydrogen-bond donors (Lipinski definition) is 0. The highest BCUT2D eigenvalue weighted by Crippen LogP contribution is 2.43. The predicted molar refractivity (Wildman–Crippen MR) is 83.9 cm³/mol. The minimum atomic E-state index is -0.205. The van der Waals surface area contributed by atoms with Crippen LogP contribution in [0.2, 0.25) is 5.02 Å². The molecule has 0 saturated carbocycles. The number of benzene rings is 2. The van der Waals surface area contributed by atoms with Gasteiger partial charge < -0.3 is 0 Å². The summed E-state index contributed by atoms with van der Waals surface area (Å²) in [4.78, 5) is 0. The lowest BCUT2D eigenvalue weighted by Gasteiger charge is -2.43. The van der Waals surface area contributed by atoms with E-state index in [1.54, 1.807) is 12.1 Å². The minimum Gasteiger partial charge on any atom is -0.207 e. The molecular formula is C18H20ClF. The van der Waals surface area contributed by atoms with Crippen LogP contribution >= 0.6 is 11.6 Å². The highest BCUT2D eigenvalue weighted by molar-refractivity contribution is 6.30. The molecule has 0 fully saturated rings. The van der Waals surface area contributed by atoms with E-state index in [-0.39, 0.29) is 16.6 Å². The monoisotopic (exact) mass is 290 g/mol. The lowest BCUT2D eigenvalue weighted by atomic mass is 9.61. The van der Waals surface area contributed by atoms with Gasteiger partial charge in [-0.2, -0.15) is 0 Å². The molecule has 0 aliphatic rings. The zero-order valence-electron chi connectivity index (χ0n) is 12.4. The summed E-state index contributed by atoms with van der Waals surface area (Å²) < 4.78 is 13.5. The first-order chi connectivity index (χ1) is 9.25. The Morgan fingerprint density at radius 3 is 1.90 bits per heavy atom. The fourth-order valence-corrected chi connectivity index (χ4v) is 2.59. The maximum atomic E-state index is 13.5. The third kappa shape index (κ3) is 2.60. The summed E-state index contributed by atoms with van der Waals surface area (Å²) in [6.07, 6.45) is 0. The van der Waals surface area contributed by atoms with Crippen LogP contribution in [0.25, 0.3) is 0 Å². The molecule has 0 radical (unpaired) electrons. The van der Waals surface area contributed by atoms with Crippen LogP contribution in [0.5, 0.6) is 0 Å². The molecule has 0 aliphatic heterocycles. The van der Waals surface area contributed by atoms with Gasteiger partial charge in [-0.1, -0.05) is 63.6 Å². The second-order valence-corrected chi connectivity index (χ2v) is 6.70. The molecule has 2 aromatic rings. The highest BCUT2D eigenvalue weighted by Gasteiger charge is 2.39. The van der Waals surface area contributed by atoms with Crippen molar-refractivity contribution in [2.45, 2.75) is 38.5 Å². The molecule has 0 saturated heterocycles. The number of hydrogen-bond acceptors (Lipinski definition) is 0. The van der Waals surface area contributed by atoms with Crippen LogP contribution in [-0.4, -0.2) is 0 Å². The van der Waals surface area contributed by atoms with Crippen molar-refractivity contribution in [1.29, 1.82) is 0 Å². The zero-order chi connectivity index (χ0) is 15.0. The van der Waals surface area contributed by atoms with E-state index >= 15 is 0 Å². The third-order valence-electron chi connectivity index (χ3n) is 4.67. The van der Waals surface area contributed by atoms with Crippen LogP contribution < -0.4 is 0 Å². The summed E-state index contributed by atoms with van der Waals surface area (Å²) in [7, 11) is 0. The Kier molecular flexibility index (Phi) is 3.93. The standard InChI is InChI=1S/C18H20ClF/c1-17(2,13-8-10-15(19)11-9-13)18(3,4)14-6-5-7-16(20)12-14/h5-12H,1-4H3. The molecule has 106 valence electrons. The van der Waals surface area contributed by atoms with Crippen LogP contribution in [0.4, 0.5) is 4.39 Å². The molecule has 0 bridgehead atoms. The average molecular weight is 291 g/mol. The van der Waals surface area contributed by atoms with Crippen molar-refractivity contribution in [3.63, 3.8) is 0 Å². The Bertz CT molecular complexity index is 597. The van der Waals surface area contributed by atoms with E-state index in [9.17, 15) is 4.39 Å². The molecule has 0 nitrogen and oxygen atoms in total. The largest absolute Gasteiger partial charge is 0.207 e. The lowest BCUT2D eigenvalue weighted by molar-refractivity contribution is 0.302. The maximum Gasteiger partial charge on any atom is 0.123 e. The van der Waals surface area contributed by atoms with Crippen molar-refractivity contribution in [2.24, 2.45) is 0 Å². The van der Waals surface area contributed by atoms with Gasteiger partial charge in [0.2, 0.25) is 0 Å². The van der Waals surface area contributed by atoms with Crippen LogP contribution in [-0.2, 0) is 10.8 Å². The van der Waals surface area contributed by atoms with E-state index in [1.807, 2.05) is 30.3 Å². The Labute approximate surface area is 125 Å². The first-order valence-electron chi connectivity index (χ1n) is 6.77. The van der Waals surface area contributed by atoms with Crippen LogP contribution in [0.15, 0.2) is 48.5 Å². The van der Waals surface area contributed by atoms with Crippen molar-refractivity contribution in [3.8, 4) is 0 Å². The lowest BCUT2D eigenvalue weighted by Crippen LogP contribution is -2.40. The number of halogens is 2. The van der Waals surface area contributed by atoms with Gasteiger partial charge in [0.1, 0.15) is 5.82 Å². The minimum absolute atomic E-state index is 0.147. The fraction of sp³-hybridized carbons (Fsp3) is 0.333. The van der Waals surface area contributed by atoms with Crippen molar-refractivity contribution in [2.75, 3.05) is 0 Å². The molecule has 0 atom stereocenters. The molecular weight excluding hydrogens is 271 g/mol. The molecule has 0 heterocycles. The Hall–Kier alpha value is -1.34.